The first kappa shape index (κ1) is 12.7. The summed E-state index contributed by atoms with van der Waals surface area (Å²) in [4.78, 5) is 0. The smallest absolute Gasteiger partial charge is 0.120 e. The number of hydrogen-bond donors (Lipinski definition) is 0. The Balaban J connectivity index is 2.07. The second-order valence-corrected chi connectivity index (χ2v) is 4.94. The highest BCUT2D eigenvalue weighted by Crippen LogP contribution is 2.21. The first-order chi connectivity index (χ1) is 8.66. The van der Waals surface area contributed by atoms with Crippen molar-refractivity contribution in [3.8, 4) is 5.75 Å². The van der Waals surface area contributed by atoms with E-state index in [1.165, 1.54) is 16.7 Å². The molecule has 0 aromatic heterocycles. The SMILES string of the molecule is Cc1ccccc1COc1cccc(C(C)C)c1. The van der Waals surface area contributed by atoms with E-state index in [1.54, 1.807) is 0 Å². The van der Waals surface area contributed by atoms with Crippen molar-refractivity contribution in [3.63, 3.8) is 0 Å². The number of hydrogen-bond acceptors (Lipinski definition) is 1. The molecular formula is C17H20O. The normalized spacial score (nSPS) is 10.7. The molecule has 0 aliphatic heterocycles. The van der Waals surface area contributed by atoms with Crippen molar-refractivity contribution in [2.75, 3.05) is 0 Å². The third kappa shape index (κ3) is 3.13. The predicted octanol–water partition coefficient (Wildman–Crippen LogP) is 4.70. The predicted molar refractivity (Wildman–Crippen MR) is 76.0 cm³/mol. The molecule has 0 unspecified atom stereocenters. The Morgan fingerprint density at radius 3 is 2.50 bits per heavy atom. The van der Waals surface area contributed by atoms with Crippen LogP contribution in [0.4, 0.5) is 0 Å². The zero-order valence-corrected chi connectivity index (χ0v) is 11.3. The van der Waals surface area contributed by atoms with Crippen LogP contribution < -0.4 is 4.74 Å². The van der Waals surface area contributed by atoms with Crippen molar-refractivity contribution in [3.05, 3.63) is 65.2 Å². The average molecular weight is 240 g/mol. The molecule has 0 N–H and O–H groups in total. The minimum atomic E-state index is 0.534. The van der Waals surface area contributed by atoms with Crippen molar-refractivity contribution < 1.29 is 4.74 Å². The molecule has 0 amide bonds. The number of rotatable bonds is 4. The quantitative estimate of drug-likeness (QED) is 0.752. The molecule has 0 saturated heterocycles. The minimum Gasteiger partial charge on any atom is -0.489 e. The van der Waals surface area contributed by atoms with Crippen molar-refractivity contribution in [2.24, 2.45) is 0 Å². The van der Waals surface area contributed by atoms with Gasteiger partial charge in [0.05, 0.1) is 0 Å². The Bertz CT molecular complexity index is 515. The summed E-state index contributed by atoms with van der Waals surface area (Å²) in [6, 6.07) is 16.7. The van der Waals surface area contributed by atoms with E-state index in [0.29, 0.717) is 12.5 Å². The number of benzene rings is 2. The summed E-state index contributed by atoms with van der Waals surface area (Å²) in [7, 11) is 0. The van der Waals surface area contributed by atoms with Gasteiger partial charge in [0, 0.05) is 0 Å². The standard InChI is InChI=1S/C17H20O/c1-13(2)15-9-6-10-17(11-15)18-12-16-8-5-4-7-14(16)3/h4-11,13H,12H2,1-3H3. The molecule has 0 heterocycles. The van der Waals surface area contributed by atoms with E-state index in [2.05, 4.69) is 63.2 Å². The van der Waals surface area contributed by atoms with Gasteiger partial charge >= 0.3 is 0 Å². The lowest BCUT2D eigenvalue weighted by atomic mass is 10.0. The van der Waals surface area contributed by atoms with E-state index < -0.39 is 0 Å². The summed E-state index contributed by atoms with van der Waals surface area (Å²) in [5.41, 5.74) is 3.84. The highest BCUT2D eigenvalue weighted by atomic mass is 16.5. The first-order valence-corrected chi connectivity index (χ1v) is 6.44. The van der Waals surface area contributed by atoms with Crippen LogP contribution in [0.1, 0.15) is 36.5 Å². The van der Waals surface area contributed by atoms with E-state index in [9.17, 15) is 0 Å². The Morgan fingerprint density at radius 1 is 1.00 bits per heavy atom. The van der Waals surface area contributed by atoms with Gasteiger partial charge < -0.3 is 4.74 Å². The molecule has 0 fully saturated rings. The Hall–Kier alpha value is -1.76. The summed E-state index contributed by atoms with van der Waals surface area (Å²) in [5, 5.41) is 0. The van der Waals surface area contributed by atoms with Crippen molar-refractivity contribution in [2.45, 2.75) is 33.3 Å². The minimum absolute atomic E-state index is 0.534. The fourth-order valence-electron chi connectivity index (χ4n) is 1.90. The van der Waals surface area contributed by atoms with Crippen molar-refractivity contribution >= 4 is 0 Å². The van der Waals surface area contributed by atoms with Crippen LogP contribution in [-0.4, -0.2) is 0 Å². The summed E-state index contributed by atoms with van der Waals surface area (Å²) in [6.45, 7) is 7.14. The maximum atomic E-state index is 5.86. The van der Waals surface area contributed by atoms with E-state index in [1.807, 2.05) is 6.07 Å². The van der Waals surface area contributed by atoms with E-state index in [0.717, 1.165) is 5.75 Å². The third-order valence-corrected chi connectivity index (χ3v) is 3.18. The first-order valence-electron chi connectivity index (χ1n) is 6.44. The van der Waals surface area contributed by atoms with Crippen LogP contribution in [-0.2, 0) is 6.61 Å². The van der Waals surface area contributed by atoms with Crippen LogP contribution in [0.3, 0.4) is 0 Å². The highest BCUT2D eigenvalue weighted by Gasteiger charge is 2.02. The molecule has 1 heteroatoms. The molecule has 2 rings (SSSR count). The van der Waals surface area contributed by atoms with Gasteiger partial charge in [0.1, 0.15) is 12.4 Å². The molecule has 94 valence electrons. The van der Waals surface area contributed by atoms with Crippen LogP contribution in [0.5, 0.6) is 5.75 Å². The molecule has 0 saturated carbocycles. The van der Waals surface area contributed by atoms with Crippen LogP contribution >= 0.6 is 0 Å². The summed E-state index contributed by atoms with van der Waals surface area (Å²) >= 11 is 0. The summed E-state index contributed by atoms with van der Waals surface area (Å²) in [5.74, 6) is 1.48. The molecule has 0 atom stereocenters. The summed E-state index contributed by atoms with van der Waals surface area (Å²) in [6.07, 6.45) is 0. The second-order valence-electron chi connectivity index (χ2n) is 4.94. The van der Waals surface area contributed by atoms with E-state index in [4.69, 9.17) is 4.74 Å². The molecule has 2 aromatic carbocycles. The average Bonchev–Trinajstić information content (AvgIpc) is 2.38. The van der Waals surface area contributed by atoms with Crippen molar-refractivity contribution in [1.29, 1.82) is 0 Å². The third-order valence-electron chi connectivity index (χ3n) is 3.18. The van der Waals surface area contributed by atoms with Gasteiger partial charge in [-0.05, 0) is 41.7 Å². The lowest BCUT2D eigenvalue weighted by Gasteiger charge is -2.11. The number of ether oxygens (including phenoxy) is 1. The molecule has 0 radical (unpaired) electrons. The fraction of sp³-hybridized carbons (Fsp3) is 0.294. The lowest BCUT2D eigenvalue weighted by Crippen LogP contribution is -1.98. The number of aryl methyl sites for hydroxylation is 1. The lowest BCUT2D eigenvalue weighted by molar-refractivity contribution is 0.305. The van der Waals surface area contributed by atoms with Crippen LogP contribution in [0.15, 0.2) is 48.5 Å². The van der Waals surface area contributed by atoms with Gasteiger partial charge in [-0.15, -0.1) is 0 Å². The van der Waals surface area contributed by atoms with Gasteiger partial charge in [-0.3, -0.25) is 0 Å². The fourth-order valence-corrected chi connectivity index (χ4v) is 1.90. The highest BCUT2D eigenvalue weighted by molar-refractivity contribution is 5.31. The van der Waals surface area contributed by atoms with Gasteiger partial charge in [0.25, 0.3) is 0 Å². The maximum absolute atomic E-state index is 5.86. The Kier molecular flexibility index (Phi) is 4.03. The van der Waals surface area contributed by atoms with E-state index >= 15 is 0 Å². The molecule has 0 aliphatic carbocycles. The Morgan fingerprint density at radius 2 is 1.78 bits per heavy atom. The molecule has 18 heavy (non-hydrogen) atoms. The molecule has 2 aromatic rings. The molecule has 1 nitrogen and oxygen atoms in total. The van der Waals surface area contributed by atoms with Crippen LogP contribution in [0.25, 0.3) is 0 Å². The van der Waals surface area contributed by atoms with Gasteiger partial charge in [0.2, 0.25) is 0 Å². The maximum Gasteiger partial charge on any atom is 0.120 e. The topological polar surface area (TPSA) is 9.23 Å². The van der Waals surface area contributed by atoms with Crippen LogP contribution in [0, 0.1) is 6.92 Å². The second kappa shape index (κ2) is 5.72. The molecule has 0 aliphatic rings. The monoisotopic (exact) mass is 240 g/mol. The van der Waals surface area contributed by atoms with Gasteiger partial charge in [0.15, 0.2) is 0 Å². The van der Waals surface area contributed by atoms with Gasteiger partial charge in [-0.2, -0.15) is 0 Å². The summed E-state index contributed by atoms with van der Waals surface area (Å²) < 4.78 is 5.86. The van der Waals surface area contributed by atoms with Gasteiger partial charge in [-0.1, -0.05) is 50.2 Å². The van der Waals surface area contributed by atoms with E-state index in [-0.39, 0.29) is 0 Å². The zero-order valence-electron chi connectivity index (χ0n) is 11.3. The van der Waals surface area contributed by atoms with Crippen LogP contribution in [0.2, 0.25) is 0 Å². The largest absolute Gasteiger partial charge is 0.489 e. The Labute approximate surface area is 109 Å². The zero-order chi connectivity index (χ0) is 13.0. The molecular weight excluding hydrogens is 220 g/mol. The van der Waals surface area contributed by atoms with Gasteiger partial charge in [-0.25, -0.2) is 0 Å². The molecule has 0 bridgehead atoms. The molecule has 0 spiro atoms. The van der Waals surface area contributed by atoms with Crippen molar-refractivity contribution in [1.82, 2.24) is 0 Å².